The molecule has 0 aromatic heterocycles. The first-order valence-electron chi connectivity index (χ1n) is 6.99. The lowest BCUT2D eigenvalue weighted by atomic mass is 9.85. The summed E-state index contributed by atoms with van der Waals surface area (Å²) in [5, 5.41) is 9.03. The number of nitriles is 1. The van der Waals surface area contributed by atoms with Gasteiger partial charge in [0.2, 0.25) is 0 Å². The molecule has 108 valence electrons. The van der Waals surface area contributed by atoms with Gasteiger partial charge in [-0.3, -0.25) is 0 Å². The Kier molecular flexibility index (Phi) is 9.86. The van der Waals surface area contributed by atoms with Crippen molar-refractivity contribution < 1.29 is 4.74 Å². The fraction of sp³-hybridized carbons (Fsp3) is 0.588. The molecule has 0 aliphatic carbocycles. The molecule has 1 rings (SSSR count). The van der Waals surface area contributed by atoms with Gasteiger partial charge in [-0.25, -0.2) is 0 Å². The minimum Gasteiger partial charge on any atom is -0.495 e. The molecule has 0 radical (unpaired) electrons. The Morgan fingerprint density at radius 3 is 1.84 bits per heavy atom. The summed E-state index contributed by atoms with van der Waals surface area (Å²) in [6.07, 6.45) is 0. The maximum absolute atomic E-state index is 9.03. The van der Waals surface area contributed by atoms with E-state index in [1.54, 1.807) is 7.11 Å². The van der Waals surface area contributed by atoms with Crippen LogP contribution in [0.25, 0.3) is 0 Å². The van der Waals surface area contributed by atoms with Crippen molar-refractivity contribution in [3.63, 3.8) is 0 Å². The molecule has 0 unspecified atom stereocenters. The van der Waals surface area contributed by atoms with E-state index >= 15 is 0 Å². The number of hydrogen-bond donors (Lipinski definition) is 0. The number of rotatable bonds is 1. The van der Waals surface area contributed by atoms with Gasteiger partial charge >= 0.3 is 0 Å². The van der Waals surface area contributed by atoms with Crippen molar-refractivity contribution in [3.8, 4) is 11.8 Å². The van der Waals surface area contributed by atoms with Gasteiger partial charge in [-0.05, 0) is 29.5 Å². The molecule has 0 saturated heterocycles. The van der Waals surface area contributed by atoms with Gasteiger partial charge in [0, 0.05) is 0 Å². The first-order chi connectivity index (χ1) is 8.90. The smallest absolute Gasteiger partial charge is 0.139 e. The van der Waals surface area contributed by atoms with Crippen molar-refractivity contribution in [3.05, 3.63) is 28.8 Å². The minimum absolute atomic E-state index is 0.0582. The molecule has 0 bridgehead atoms. The zero-order chi connectivity index (χ0) is 15.6. The average Bonchev–Trinajstić information content (AvgIpc) is 2.41. The maximum Gasteiger partial charge on any atom is 0.139 e. The van der Waals surface area contributed by atoms with Crippen LogP contribution in [-0.4, -0.2) is 7.11 Å². The predicted octanol–water partition coefficient (Wildman–Crippen LogP) is 5.23. The summed E-state index contributed by atoms with van der Waals surface area (Å²) in [6.45, 7) is 16.4. The molecule has 0 saturated carbocycles. The lowest BCUT2D eigenvalue weighted by Crippen LogP contribution is -2.12. The van der Waals surface area contributed by atoms with Crippen LogP contribution in [0.2, 0.25) is 0 Å². The van der Waals surface area contributed by atoms with E-state index in [4.69, 9.17) is 10.00 Å². The van der Waals surface area contributed by atoms with Gasteiger partial charge < -0.3 is 4.74 Å². The summed E-state index contributed by atoms with van der Waals surface area (Å²) in [5.41, 5.74) is 2.85. The summed E-state index contributed by atoms with van der Waals surface area (Å²) in [6, 6.07) is 6.17. The predicted molar refractivity (Wildman–Crippen MR) is 83.8 cm³/mol. The van der Waals surface area contributed by atoms with E-state index < -0.39 is 0 Å². The molecule has 0 fully saturated rings. The summed E-state index contributed by atoms with van der Waals surface area (Å²) in [7, 11) is 1.60. The minimum atomic E-state index is 0.0582. The van der Waals surface area contributed by atoms with Crippen LogP contribution >= 0.6 is 0 Å². The second-order valence-electron chi connectivity index (χ2n) is 4.74. The fourth-order valence-corrected chi connectivity index (χ4v) is 1.56. The average molecular weight is 263 g/mol. The van der Waals surface area contributed by atoms with E-state index in [0.29, 0.717) is 11.3 Å². The summed E-state index contributed by atoms with van der Waals surface area (Å²) in [5.74, 6) is 0.686. The molecule has 1 aromatic rings. The molecular formula is C17H29NO. The van der Waals surface area contributed by atoms with Crippen molar-refractivity contribution in [2.24, 2.45) is 0 Å². The van der Waals surface area contributed by atoms with E-state index in [1.807, 2.05) is 40.7 Å². The van der Waals surface area contributed by atoms with Crippen LogP contribution in [0.1, 0.15) is 65.2 Å². The van der Waals surface area contributed by atoms with E-state index in [1.165, 1.54) is 0 Å². The van der Waals surface area contributed by atoms with Crippen molar-refractivity contribution in [2.75, 3.05) is 7.11 Å². The Hall–Kier alpha value is -1.49. The second kappa shape index (κ2) is 9.44. The van der Waals surface area contributed by atoms with Gasteiger partial charge in [-0.15, -0.1) is 0 Å². The first-order valence-corrected chi connectivity index (χ1v) is 6.99. The third-order valence-electron chi connectivity index (χ3n) is 2.47. The lowest BCUT2D eigenvalue weighted by Gasteiger charge is -2.21. The maximum atomic E-state index is 9.03. The topological polar surface area (TPSA) is 33.0 Å². The quantitative estimate of drug-likeness (QED) is 0.695. The molecule has 2 nitrogen and oxygen atoms in total. The Morgan fingerprint density at radius 1 is 1.05 bits per heavy atom. The van der Waals surface area contributed by atoms with Crippen LogP contribution in [0.3, 0.4) is 0 Å². The molecule has 0 atom stereocenters. The second-order valence-corrected chi connectivity index (χ2v) is 4.74. The van der Waals surface area contributed by atoms with E-state index in [-0.39, 0.29) is 5.41 Å². The lowest BCUT2D eigenvalue weighted by molar-refractivity contribution is 0.409. The highest BCUT2D eigenvalue weighted by atomic mass is 16.5. The molecule has 0 amide bonds. The molecule has 0 N–H and O–H groups in total. The van der Waals surface area contributed by atoms with Crippen molar-refractivity contribution in [1.82, 2.24) is 0 Å². The van der Waals surface area contributed by atoms with Crippen LogP contribution in [0, 0.1) is 18.3 Å². The van der Waals surface area contributed by atoms with Crippen LogP contribution in [0.15, 0.2) is 12.1 Å². The highest BCUT2D eigenvalue weighted by Crippen LogP contribution is 2.30. The standard InChI is InChI=1S/C13H17NO.2C2H6/c1-9-6-11(13(2,3)4)7-10(8-14)12(9)15-5;2*1-2/h6-7H,1-5H3;2*1-2H3. The molecular weight excluding hydrogens is 234 g/mol. The van der Waals surface area contributed by atoms with Gasteiger partial charge in [0.1, 0.15) is 11.8 Å². The Labute approximate surface area is 119 Å². The molecule has 19 heavy (non-hydrogen) atoms. The van der Waals surface area contributed by atoms with Crippen LogP contribution in [0.5, 0.6) is 5.75 Å². The largest absolute Gasteiger partial charge is 0.495 e. The zero-order valence-electron chi connectivity index (χ0n) is 14.0. The van der Waals surface area contributed by atoms with Crippen molar-refractivity contribution in [2.45, 2.75) is 60.8 Å². The van der Waals surface area contributed by atoms with Crippen LogP contribution in [0.4, 0.5) is 0 Å². The molecule has 2 heteroatoms. The number of aryl methyl sites for hydroxylation is 1. The van der Waals surface area contributed by atoms with E-state index in [2.05, 4.69) is 32.9 Å². The van der Waals surface area contributed by atoms with Gasteiger partial charge in [0.15, 0.2) is 0 Å². The molecule has 0 spiro atoms. The Balaban J connectivity index is 0. The van der Waals surface area contributed by atoms with Crippen molar-refractivity contribution in [1.29, 1.82) is 5.26 Å². The Morgan fingerprint density at radius 2 is 1.53 bits per heavy atom. The molecule has 0 aliphatic rings. The van der Waals surface area contributed by atoms with Crippen LogP contribution in [-0.2, 0) is 5.41 Å². The molecule has 0 aliphatic heterocycles. The van der Waals surface area contributed by atoms with E-state index in [9.17, 15) is 0 Å². The number of methoxy groups -OCH3 is 1. The van der Waals surface area contributed by atoms with Crippen LogP contribution < -0.4 is 4.74 Å². The Bertz CT molecular complexity index is 408. The third kappa shape index (κ3) is 5.79. The zero-order valence-corrected chi connectivity index (χ0v) is 14.0. The highest BCUT2D eigenvalue weighted by molar-refractivity contribution is 5.51. The fourth-order valence-electron chi connectivity index (χ4n) is 1.56. The number of nitrogens with zero attached hydrogens (tertiary/aromatic N) is 1. The van der Waals surface area contributed by atoms with E-state index in [0.717, 1.165) is 11.1 Å². The van der Waals surface area contributed by atoms with Gasteiger partial charge in [0.05, 0.1) is 12.7 Å². The highest BCUT2D eigenvalue weighted by Gasteiger charge is 2.17. The summed E-state index contributed by atoms with van der Waals surface area (Å²) < 4.78 is 5.21. The first kappa shape index (κ1) is 19.8. The third-order valence-corrected chi connectivity index (χ3v) is 2.47. The van der Waals surface area contributed by atoms with Gasteiger partial charge in [-0.1, -0.05) is 54.5 Å². The summed E-state index contributed by atoms with van der Waals surface area (Å²) >= 11 is 0. The monoisotopic (exact) mass is 263 g/mol. The number of hydrogen-bond acceptors (Lipinski definition) is 2. The number of benzene rings is 1. The van der Waals surface area contributed by atoms with Gasteiger partial charge in [-0.2, -0.15) is 5.26 Å². The molecule has 0 heterocycles. The molecule has 1 aromatic carbocycles. The SMILES string of the molecule is CC.CC.COc1c(C)cc(C(C)(C)C)cc1C#N. The number of ether oxygens (including phenoxy) is 1. The summed E-state index contributed by atoms with van der Waals surface area (Å²) in [4.78, 5) is 0. The van der Waals surface area contributed by atoms with Crippen molar-refractivity contribution >= 4 is 0 Å². The normalized spacial score (nSPS) is 9.26. The van der Waals surface area contributed by atoms with Gasteiger partial charge in [0.25, 0.3) is 0 Å².